The van der Waals surface area contributed by atoms with Crippen molar-refractivity contribution in [2.45, 2.75) is 19.8 Å². The molecule has 0 bridgehead atoms. The Morgan fingerprint density at radius 2 is 2.13 bits per heavy atom. The minimum absolute atomic E-state index is 0.380. The van der Waals surface area contributed by atoms with Gasteiger partial charge in [-0.15, -0.1) is 0 Å². The highest BCUT2D eigenvalue weighted by Gasteiger charge is 2.02. The van der Waals surface area contributed by atoms with Crippen LogP contribution in [-0.4, -0.2) is 4.98 Å². The van der Waals surface area contributed by atoms with Gasteiger partial charge in [0, 0.05) is 5.39 Å². The number of aryl methyl sites for hydroxylation is 1. The number of anilines is 1. The molecule has 1 aromatic heterocycles. The highest BCUT2D eigenvalue weighted by Crippen LogP contribution is 2.23. The molecule has 2 aromatic rings. The minimum Gasteiger partial charge on any atom is -0.396 e. The summed E-state index contributed by atoms with van der Waals surface area (Å²) in [5, 5.41) is 1.44. The van der Waals surface area contributed by atoms with Gasteiger partial charge >= 0.3 is 0 Å². The second-order valence-corrected chi connectivity index (χ2v) is 4.00. The molecule has 1 aromatic carbocycles. The van der Waals surface area contributed by atoms with Crippen LogP contribution in [-0.2, 0) is 6.42 Å². The lowest BCUT2D eigenvalue weighted by atomic mass is 10.1. The number of nitrogens with two attached hydrogens (primary N) is 1. The molecule has 78 valence electrons. The van der Waals surface area contributed by atoms with E-state index in [1.165, 1.54) is 5.56 Å². The van der Waals surface area contributed by atoms with Crippen LogP contribution in [0.4, 0.5) is 5.69 Å². The monoisotopic (exact) mass is 220 g/mol. The molecule has 0 atom stereocenters. The van der Waals surface area contributed by atoms with E-state index in [9.17, 15) is 0 Å². The van der Waals surface area contributed by atoms with Gasteiger partial charge in [0.1, 0.15) is 0 Å². The van der Waals surface area contributed by atoms with Gasteiger partial charge in [0.05, 0.1) is 11.2 Å². The number of nitrogens with zero attached hydrogens (tertiary/aromatic N) is 1. The van der Waals surface area contributed by atoms with Crippen LogP contribution in [0.25, 0.3) is 10.9 Å². The normalized spacial score (nSPS) is 10.8. The van der Waals surface area contributed by atoms with Crippen LogP contribution in [0.2, 0.25) is 5.15 Å². The van der Waals surface area contributed by atoms with Gasteiger partial charge in [0.2, 0.25) is 0 Å². The van der Waals surface area contributed by atoms with E-state index in [0.717, 1.165) is 23.7 Å². The zero-order valence-corrected chi connectivity index (χ0v) is 9.38. The van der Waals surface area contributed by atoms with Crippen molar-refractivity contribution < 1.29 is 0 Å². The average molecular weight is 221 g/mol. The van der Waals surface area contributed by atoms with Crippen molar-refractivity contribution in [2.75, 3.05) is 5.73 Å². The van der Waals surface area contributed by atoms with Gasteiger partial charge in [-0.1, -0.05) is 31.0 Å². The maximum absolute atomic E-state index is 5.85. The maximum Gasteiger partial charge on any atom is 0.152 e. The first kappa shape index (κ1) is 10.2. The number of benzene rings is 1. The topological polar surface area (TPSA) is 38.9 Å². The van der Waals surface area contributed by atoms with E-state index in [2.05, 4.69) is 24.0 Å². The molecule has 0 amide bonds. The second kappa shape index (κ2) is 4.07. The zero-order chi connectivity index (χ0) is 10.8. The fourth-order valence-electron chi connectivity index (χ4n) is 1.66. The molecule has 0 spiro atoms. The average Bonchev–Trinajstić information content (AvgIpc) is 2.21. The van der Waals surface area contributed by atoms with E-state index in [-0.39, 0.29) is 0 Å². The molecule has 0 fully saturated rings. The Morgan fingerprint density at radius 1 is 1.33 bits per heavy atom. The molecule has 0 aliphatic heterocycles. The van der Waals surface area contributed by atoms with E-state index in [1.807, 2.05) is 12.1 Å². The highest BCUT2D eigenvalue weighted by molar-refractivity contribution is 6.32. The fraction of sp³-hybridized carbons (Fsp3) is 0.250. The lowest BCUT2D eigenvalue weighted by Gasteiger charge is -2.04. The molecule has 0 aliphatic carbocycles. The van der Waals surface area contributed by atoms with E-state index < -0.39 is 0 Å². The number of halogens is 1. The van der Waals surface area contributed by atoms with Crippen molar-refractivity contribution in [3.63, 3.8) is 0 Å². The van der Waals surface area contributed by atoms with Gasteiger partial charge in [-0.2, -0.15) is 0 Å². The molecule has 2 N–H and O–H groups in total. The molecule has 1 heterocycles. The van der Waals surface area contributed by atoms with Crippen molar-refractivity contribution >= 4 is 28.2 Å². The van der Waals surface area contributed by atoms with Crippen molar-refractivity contribution in [1.29, 1.82) is 0 Å². The molecule has 0 unspecified atom stereocenters. The summed E-state index contributed by atoms with van der Waals surface area (Å²) >= 11 is 5.85. The second-order valence-electron chi connectivity index (χ2n) is 3.65. The van der Waals surface area contributed by atoms with E-state index >= 15 is 0 Å². The number of hydrogen-bond donors (Lipinski definition) is 1. The predicted octanol–water partition coefficient (Wildman–Crippen LogP) is 3.42. The first-order valence-electron chi connectivity index (χ1n) is 5.05. The maximum atomic E-state index is 5.85. The first-order chi connectivity index (χ1) is 7.20. The molecule has 0 radical (unpaired) electrons. The smallest absolute Gasteiger partial charge is 0.152 e. The lowest BCUT2D eigenvalue weighted by Crippen LogP contribution is -1.91. The Bertz CT molecular complexity index is 494. The summed E-state index contributed by atoms with van der Waals surface area (Å²) in [6.45, 7) is 2.17. The predicted molar refractivity (Wildman–Crippen MR) is 65.2 cm³/mol. The van der Waals surface area contributed by atoms with Gasteiger partial charge in [-0.05, 0) is 30.2 Å². The van der Waals surface area contributed by atoms with Crippen LogP contribution in [0, 0.1) is 0 Å². The molecule has 15 heavy (non-hydrogen) atoms. The number of rotatable bonds is 2. The minimum atomic E-state index is 0.380. The SMILES string of the molecule is CCCc1ccc2nc(Cl)c(N)cc2c1. The summed E-state index contributed by atoms with van der Waals surface area (Å²) in [6.07, 6.45) is 2.22. The van der Waals surface area contributed by atoms with Crippen molar-refractivity contribution in [3.8, 4) is 0 Å². The van der Waals surface area contributed by atoms with Crippen molar-refractivity contribution in [3.05, 3.63) is 35.0 Å². The fourth-order valence-corrected chi connectivity index (χ4v) is 1.81. The Kier molecular flexibility index (Phi) is 2.78. The summed E-state index contributed by atoms with van der Waals surface area (Å²) in [5.74, 6) is 0. The van der Waals surface area contributed by atoms with Crippen LogP contribution in [0.3, 0.4) is 0 Å². The Morgan fingerprint density at radius 3 is 2.87 bits per heavy atom. The third-order valence-electron chi connectivity index (χ3n) is 2.40. The van der Waals surface area contributed by atoms with Gasteiger partial charge in [0.15, 0.2) is 5.15 Å². The summed E-state index contributed by atoms with van der Waals surface area (Å²) in [5.41, 5.74) is 8.47. The molecule has 3 heteroatoms. The van der Waals surface area contributed by atoms with Gasteiger partial charge in [-0.25, -0.2) is 4.98 Å². The molecule has 0 saturated heterocycles. The molecule has 2 nitrogen and oxygen atoms in total. The molecular weight excluding hydrogens is 208 g/mol. The van der Waals surface area contributed by atoms with Crippen LogP contribution >= 0.6 is 11.6 Å². The summed E-state index contributed by atoms with van der Waals surface area (Å²) in [4.78, 5) is 4.22. The van der Waals surface area contributed by atoms with Gasteiger partial charge in [-0.3, -0.25) is 0 Å². The van der Waals surface area contributed by atoms with Crippen LogP contribution in [0.15, 0.2) is 24.3 Å². The number of nitrogen functional groups attached to an aromatic ring is 1. The van der Waals surface area contributed by atoms with E-state index in [1.54, 1.807) is 0 Å². The molecule has 2 rings (SSSR count). The van der Waals surface area contributed by atoms with Crippen molar-refractivity contribution in [1.82, 2.24) is 4.98 Å². The Labute approximate surface area is 94.1 Å². The summed E-state index contributed by atoms with van der Waals surface area (Å²) in [7, 11) is 0. The third kappa shape index (κ3) is 2.05. The number of aromatic nitrogens is 1. The molecule has 0 aliphatic rings. The highest BCUT2D eigenvalue weighted by atomic mass is 35.5. The number of hydrogen-bond acceptors (Lipinski definition) is 2. The van der Waals surface area contributed by atoms with Crippen LogP contribution in [0.5, 0.6) is 0 Å². The lowest BCUT2D eigenvalue weighted by molar-refractivity contribution is 0.923. The first-order valence-corrected chi connectivity index (χ1v) is 5.43. The summed E-state index contributed by atoms with van der Waals surface area (Å²) < 4.78 is 0. The van der Waals surface area contributed by atoms with E-state index in [4.69, 9.17) is 17.3 Å². The van der Waals surface area contributed by atoms with Crippen LogP contribution in [0.1, 0.15) is 18.9 Å². The van der Waals surface area contributed by atoms with Gasteiger partial charge < -0.3 is 5.73 Å². The number of pyridine rings is 1. The number of fused-ring (bicyclic) bond motifs is 1. The summed E-state index contributed by atoms with van der Waals surface area (Å²) in [6, 6.07) is 8.08. The Hall–Kier alpha value is -1.28. The standard InChI is InChI=1S/C12H13ClN2/c1-2-3-8-4-5-11-9(6-8)7-10(14)12(13)15-11/h4-7H,2-3,14H2,1H3. The zero-order valence-electron chi connectivity index (χ0n) is 8.63. The van der Waals surface area contributed by atoms with Crippen molar-refractivity contribution in [2.24, 2.45) is 0 Å². The Balaban J connectivity index is 2.56. The largest absolute Gasteiger partial charge is 0.396 e. The van der Waals surface area contributed by atoms with Gasteiger partial charge in [0.25, 0.3) is 0 Å². The molecule has 0 saturated carbocycles. The van der Waals surface area contributed by atoms with Crippen LogP contribution < -0.4 is 5.73 Å². The molecular formula is C12H13ClN2. The third-order valence-corrected chi connectivity index (χ3v) is 2.70. The van der Waals surface area contributed by atoms with E-state index in [0.29, 0.717) is 10.8 Å². The quantitative estimate of drug-likeness (QED) is 0.788.